The van der Waals surface area contributed by atoms with Crippen LogP contribution in [0.1, 0.15) is 30.1 Å². The van der Waals surface area contributed by atoms with Gasteiger partial charge in [-0.25, -0.2) is 0 Å². The van der Waals surface area contributed by atoms with Crippen molar-refractivity contribution in [3.63, 3.8) is 0 Å². The third-order valence-electron chi connectivity index (χ3n) is 2.33. The molecule has 3 heteroatoms. The molecule has 1 saturated carbocycles. The average molecular weight is 191 g/mol. The third-order valence-corrected chi connectivity index (χ3v) is 2.33. The van der Waals surface area contributed by atoms with Crippen molar-refractivity contribution in [3.05, 3.63) is 24.0 Å². The van der Waals surface area contributed by atoms with Crippen molar-refractivity contribution in [1.29, 1.82) is 0 Å². The molecule has 0 atom stereocenters. The first-order valence-corrected chi connectivity index (χ1v) is 4.85. The summed E-state index contributed by atoms with van der Waals surface area (Å²) in [6.45, 7) is 2.26. The van der Waals surface area contributed by atoms with Crippen LogP contribution in [-0.4, -0.2) is 17.4 Å². The van der Waals surface area contributed by atoms with E-state index in [1.807, 2.05) is 0 Å². The van der Waals surface area contributed by atoms with Crippen molar-refractivity contribution < 1.29 is 9.53 Å². The maximum Gasteiger partial charge on any atom is 0.165 e. The van der Waals surface area contributed by atoms with E-state index in [9.17, 15) is 4.79 Å². The fourth-order valence-corrected chi connectivity index (χ4v) is 1.26. The summed E-state index contributed by atoms with van der Waals surface area (Å²) >= 11 is 0. The van der Waals surface area contributed by atoms with Gasteiger partial charge in [0.15, 0.2) is 5.78 Å². The first-order chi connectivity index (χ1) is 6.77. The lowest BCUT2D eigenvalue weighted by Gasteiger charge is -2.07. The SMILES string of the molecule is CC(=O)c1cnccc1OCC1CC1. The van der Waals surface area contributed by atoms with Gasteiger partial charge in [-0.3, -0.25) is 9.78 Å². The lowest BCUT2D eigenvalue weighted by molar-refractivity contribution is 0.101. The Balaban J connectivity index is 2.09. The van der Waals surface area contributed by atoms with Crippen molar-refractivity contribution >= 4 is 5.78 Å². The molecule has 1 aliphatic rings. The van der Waals surface area contributed by atoms with Gasteiger partial charge in [0.05, 0.1) is 12.2 Å². The van der Waals surface area contributed by atoms with E-state index in [1.165, 1.54) is 19.8 Å². The van der Waals surface area contributed by atoms with Gasteiger partial charge in [-0.2, -0.15) is 0 Å². The van der Waals surface area contributed by atoms with E-state index in [-0.39, 0.29) is 5.78 Å². The molecule has 1 aliphatic carbocycles. The van der Waals surface area contributed by atoms with E-state index < -0.39 is 0 Å². The molecule has 1 heterocycles. The van der Waals surface area contributed by atoms with Crippen LogP contribution in [0.5, 0.6) is 5.75 Å². The number of hydrogen-bond acceptors (Lipinski definition) is 3. The molecule has 2 rings (SSSR count). The molecule has 0 spiro atoms. The highest BCUT2D eigenvalue weighted by atomic mass is 16.5. The number of Topliss-reactive ketones (excluding diaryl/α,β-unsaturated/α-hetero) is 1. The smallest absolute Gasteiger partial charge is 0.165 e. The minimum absolute atomic E-state index is 0.00361. The van der Waals surface area contributed by atoms with Gasteiger partial charge in [0.25, 0.3) is 0 Å². The first-order valence-electron chi connectivity index (χ1n) is 4.85. The Labute approximate surface area is 83.1 Å². The van der Waals surface area contributed by atoms with Crippen molar-refractivity contribution in [2.45, 2.75) is 19.8 Å². The number of ether oxygens (including phenoxy) is 1. The van der Waals surface area contributed by atoms with Crippen molar-refractivity contribution in [2.24, 2.45) is 5.92 Å². The highest BCUT2D eigenvalue weighted by Crippen LogP contribution is 2.30. The van der Waals surface area contributed by atoms with Gasteiger partial charge in [-0.15, -0.1) is 0 Å². The maximum atomic E-state index is 11.2. The molecule has 0 amide bonds. The number of nitrogens with zero attached hydrogens (tertiary/aromatic N) is 1. The molecule has 74 valence electrons. The summed E-state index contributed by atoms with van der Waals surface area (Å²) < 4.78 is 5.56. The number of carbonyl (C=O) groups excluding carboxylic acids is 1. The monoisotopic (exact) mass is 191 g/mol. The molecule has 1 fully saturated rings. The van der Waals surface area contributed by atoms with Crippen LogP contribution in [0.4, 0.5) is 0 Å². The van der Waals surface area contributed by atoms with Gasteiger partial charge in [0.2, 0.25) is 0 Å². The zero-order valence-corrected chi connectivity index (χ0v) is 8.19. The van der Waals surface area contributed by atoms with E-state index in [2.05, 4.69) is 4.98 Å². The number of aromatic nitrogens is 1. The minimum atomic E-state index is 0.00361. The summed E-state index contributed by atoms with van der Waals surface area (Å²) in [5, 5.41) is 0. The number of rotatable bonds is 4. The second kappa shape index (κ2) is 3.78. The van der Waals surface area contributed by atoms with Crippen molar-refractivity contribution in [2.75, 3.05) is 6.61 Å². The van der Waals surface area contributed by atoms with Crippen LogP contribution in [0.3, 0.4) is 0 Å². The van der Waals surface area contributed by atoms with Gasteiger partial charge in [0, 0.05) is 12.4 Å². The van der Waals surface area contributed by atoms with E-state index in [0.717, 1.165) is 6.61 Å². The third kappa shape index (κ3) is 2.10. The molecule has 1 aromatic rings. The van der Waals surface area contributed by atoms with Crippen molar-refractivity contribution in [1.82, 2.24) is 4.98 Å². The van der Waals surface area contributed by atoms with Crippen LogP contribution in [0.2, 0.25) is 0 Å². The molecular weight excluding hydrogens is 178 g/mol. The largest absolute Gasteiger partial charge is 0.492 e. The Morgan fingerprint density at radius 3 is 3.07 bits per heavy atom. The number of hydrogen-bond donors (Lipinski definition) is 0. The highest BCUT2D eigenvalue weighted by molar-refractivity contribution is 5.96. The van der Waals surface area contributed by atoms with Crippen LogP contribution in [0.25, 0.3) is 0 Å². The molecule has 0 aromatic carbocycles. The van der Waals surface area contributed by atoms with Crippen LogP contribution in [0, 0.1) is 5.92 Å². The lowest BCUT2D eigenvalue weighted by atomic mass is 10.2. The highest BCUT2D eigenvalue weighted by Gasteiger charge is 2.22. The zero-order chi connectivity index (χ0) is 9.97. The standard InChI is InChI=1S/C11H13NO2/c1-8(13)10-6-12-5-4-11(10)14-7-9-2-3-9/h4-6,9H,2-3,7H2,1H3. The normalized spacial score (nSPS) is 15.2. The molecule has 3 nitrogen and oxygen atoms in total. The van der Waals surface area contributed by atoms with Crippen LogP contribution in [0.15, 0.2) is 18.5 Å². The molecule has 0 aliphatic heterocycles. The van der Waals surface area contributed by atoms with Crippen LogP contribution in [-0.2, 0) is 0 Å². The molecule has 0 radical (unpaired) electrons. The van der Waals surface area contributed by atoms with E-state index in [1.54, 1.807) is 18.5 Å². The fraction of sp³-hybridized carbons (Fsp3) is 0.455. The second-order valence-electron chi connectivity index (χ2n) is 3.68. The Bertz CT molecular complexity index is 345. The molecule has 0 saturated heterocycles. The molecule has 0 bridgehead atoms. The van der Waals surface area contributed by atoms with Gasteiger partial charge in [0.1, 0.15) is 5.75 Å². The molecule has 1 aromatic heterocycles. The van der Waals surface area contributed by atoms with Crippen molar-refractivity contribution in [3.8, 4) is 5.75 Å². The Hall–Kier alpha value is -1.38. The summed E-state index contributed by atoms with van der Waals surface area (Å²) in [5.74, 6) is 1.37. The van der Waals surface area contributed by atoms with E-state index in [4.69, 9.17) is 4.74 Å². The number of pyridine rings is 1. The summed E-state index contributed by atoms with van der Waals surface area (Å²) in [6, 6.07) is 1.75. The van der Waals surface area contributed by atoms with Gasteiger partial charge in [-0.05, 0) is 31.7 Å². The zero-order valence-electron chi connectivity index (χ0n) is 8.19. The number of carbonyl (C=O) groups is 1. The minimum Gasteiger partial charge on any atom is -0.492 e. The van der Waals surface area contributed by atoms with Gasteiger partial charge >= 0.3 is 0 Å². The molecule has 14 heavy (non-hydrogen) atoms. The summed E-state index contributed by atoms with van der Waals surface area (Å²) in [6.07, 6.45) is 5.71. The van der Waals surface area contributed by atoms with Crippen LogP contribution < -0.4 is 4.74 Å². The fourth-order valence-electron chi connectivity index (χ4n) is 1.26. The predicted molar refractivity (Wildman–Crippen MR) is 52.5 cm³/mol. The molecular formula is C11H13NO2. The van der Waals surface area contributed by atoms with Gasteiger partial charge < -0.3 is 4.74 Å². The Morgan fingerprint density at radius 2 is 2.43 bits per heavy atom. The first kappa shape index (κ1) is 9.19. The quantitative estimate of drug-likeness (QED) is 0.684. The van der Waals surface area contributed by atoms with Crippen LogP contribution >= 0.6 is 0 Å². The molecule has 0 unspecified atom stereocenters. The molecule has 0 N–H and O–H groups in total. The Kier molecular flexibility index (Phi) is 2.48. The van der Waals surface area contributed by atoms with Gasteiger partial charge in [-0.1, -0.05) is 0 Å². The Morgan fingerprint density at radius 1 is 1.64 bits per heavy atom. The predicted octanol–water partition coefficient (Wildman–Crippen LogP) is 2.07. The number of ketones is 1. The second-order valence-corrected chi connectivity index (χ2v) is 3.68. The topological polar surface area (TPSA) is 39.2 Å². The lowest BCUT2D eigenvalue weighted by Crippen LogP contribution is -2.04. The summed E-state index contributed by atoms with van der Waals surface area (Å²) in [7, 11) is 0. The van der Waals surface area contributed by atoms with E-state index >= 15 is 0 Å². The maximum absolute atomic E-state index is 11.2. The average Bonchev–Trinajstić information content (AvgIpc) is 2.98. The summed E-state index contributed by atoms with van der Waals surface area (Å²) in [4.78, 5) is 15.1. The van der Waals surface area contributed by atoms with E-state index in [0.29, 0.717) is 17.2 Å². The summed E-state index contributed by atoms with van der Waals surface area (Å²) in [5.41, 5.74) is 0.577.